The Morgan fingerprint density at radius 1 is 1.50 bits per heavy atom. The van der Waals surface area contributed by atoms with Crippen LogP contribution in [0.25, 0.3) is 0 Å². The molecule has 0 aromatic carbocycles. The summed E-state index contributed by atoms with van der Waals surface area (Å²) in [4.78, 5) is 30.1. The lowest BCUT2D eigenvalue weighted by molar-refractivity contribution is -0.138. The number of nitrogens with zero attached hydrogens (tertiary/aromatic N) is 2. The lowest BCUT2D eigenvalue weighted by Gasteiger charge is -2.13. The molecule has 0 amide bonds. The Morgan fingerprint density at radius 2 is 2.22 bits per heavy atom. The number of carbonyl (C=O) groups is 2. The molecular formula is C11H13N3O4. The summed E-state index contributed by atoms with van der Waals surface area (Å²) in [5.41, 5.74) is 0.0439. The van der Waals surface area contributed by atoms with Crippen molar-refractivity contribution in [1.29, 1.82) is 0 Å². The maximum absolute atomic E-state index is 11.3. The van der Waals surface area contributed by atoms with E-state index in [1.54, 1.807) is 0 Å². The molecule has 2 N–H and O–H groups in total. The molecule has 0 bridgehead atoms. The molecule has 0 saturated heterocycles. The Labute approximate surface area is 103 Å². The Balaban J connectivity index is 2.13. The molecule has 1 aliphatic rings. The van der Waals surface area contributed by atoms with Gasteiger partial charge in [-0.15, -0.1) is 0 Å². The molecule has 1 saturated carbocycles. The fourth-order valence-electron chi connectivity index (χ4n) is 1.61. The molecule has 1 aliphatic carbocycles. The summed E-state index contributed by atoms with van der Waals surface area (Å²) in [5.74, 6) is -1.16. The molecule has 96 valence electrons. The molecule has 1 unspecified atom stereocenters. The number of carboxylic acids is 1. The zero-order valence-corrected chi connectivity index (χ0v) is 9.79. The minimum atomic E-state index is -0.928. The average molecular weight is 251 g/mol. The van der Waals surface area contributed by atoms with Gasteiger partial charge in [0.25, 0.3) is 0 Å². The van der Waals surface area contributed by atoms with Crippen molar-refractivity contribution in [2.75, 3.05) is 12.4 Å². The van der Waals surface area contributed by atoms with E-state index in [-0.39, 0.29) is 17.4 Å². The monoisotopic (exact) mass is 251 g/mol. The summed E-state index contributed by atoms with van der Waals surface area (Å²) in [7, 11) is 1.24. The lowest BCUT2D eigenvalue weighted by Crippen LogP contribution is -2.31. The predicted octanol–water partition coefficient (Wildman–Crippen LogP) is 0.538. The van der Waals surface area contributed by atoms with Crippen molar-refractivity contribution in [3.05, 3.63) is 18.1 Å². The predicted molar refractivity (Wildman–Crippen MR) is 61.1 cm³/mol. The number of aliphatic carboxylic acids is 1. The van der Waals surface area contributed by atoms with Gasteiger partial charge in [0.2, 0.25) is 0 Å². The van der Waals surface area contributed by atoms with Crippen LogP contribution in [0, 0.1) is 5.92 Å². The third-order valence-electron chi connectivity index (χ3n) is 2.69. The summed E-state index contributed by atoms with van der Waals surface area (Å²) >= 11 is 0. The second-order valence-corrected chi connectivity index (χ2v) is 4.08. The quantitative estimate of drug-likeness (QED) is 0.736. The molecule has 1 aromatic rings. The van der Waals surface area contributed by atoms with E-state index in [0.29, 0.717) is 0 Å². The van der Waals surface area contributed by atoms with Gasteiger partial charge < -0.3 is 15.2 Å². The number of anilines is 1. The first-order valence-corrected chi connectivity index (χ1v) is 5.51. The Hall–Kier alpha value is -2.18. The van der Waals surface area contributed by atoms with Crippen LogP contribution in [-0.2, 0) is 9.53 Å². The van der Waals surface area contributed by atoms with Gasteiger partial charge in [-0.05, 0) is 18.8 Å². The first-order valence-electron chi connectivity index (χ1n) is 5.51. The van der Waals surface area contributed by atoms with E-state index < -0.39 is 18.0 Å². The van der Waals surface area contributed by atoms with Gasteiger partial charge in [-0.25, -0.2) is 14.6 Å². The molecule has 2 rings (SSSR count). The van der Waals surface area contributed by atoms with E-state index in [2.05, 4.69) is 20.0 Å². The van der Waals surface area contributed by atoms with Gasteiger partial charge in [0, 0.05) is 0 Å². The molecule has 1 fully saturated rings. The van der Waals surface area contributed by atoms with E-state index in [4.69, 9.17) is 5.11 Å². The van der Waals surface area contributed by atoms with Crippen LogP contribution in [0.1, 0.15) is 23.3 Å². The largest absolute Gasteiger partial charge is 0.480 e. The smallest absolute Gasteiger partial charge is 0.358 e. The molecule has 7 heteroatoms. The first-order chi connectivity index (χ1) is 8.61. The van der Waals surface area contributed by atoms with Gasteiger partial charge in [0.05, 0.1) is 19.5 Å². The van der Waals surface area contributed by atoms with Gasteiger partial charge in [-0.2, -0.15) is 0 Å². The number of nitrogens with one attached hydrogen (secondary N) is 1. The maximum Gasteiger partial charge on any atom is 0.358 e. The zero-order valence-electron chi connectivity index (χ0n) is 9.79. The van der Waals surface area contributed by atoms with Gasteiger partial charge in [-0.3, -0.25) is 4.98 Å². The first kappa shape index (κ1) is 12.3. The third kappa shape index (κ3) is 2.73. The Bertz CT molecular complexity index is 473. The molecule has 7 nitrogen and oxygen atoms in total. The van der Waals surface area contributed by atoms with Gasteiger partial charge >= 0.3 is 11.9 Å². The van der Waals surface area contributed by atoms with E-state index >= 15 is 0 Å². The van der Waals surface area contributed by atoms with E-state index in [0.717, 1.165) is 12.8 Å². The summed E-state index contributed by atoms with van der Waals surface area (Å²) in [6, 6.07) is -0.688. The molecule has 0 aliphatic heterocycles. The molecule has 1 atom stereocenters. The van der Waals surface area contributed by atoms with Crippen LogP contribution in [0.3, 0.4) is 0 Å². The van der Waals surface area contributed by atoms with Crippen molar-refractivity contribution in [1.82, 2.24) is 9.97 Å². The summed E-state index contributed by atoms with van der Waals surface area (Å²) in [5, 5.41) is 11.8. The molecule has 1 aromatic heterocycles. The second-order valence-electron chi connectivity index (χ2n) is 4.08. The fraction of sp³-hybridized carbons (Fsp3) is 0.455. The summed E-state index contributed by atoms with van der Waals surface area (Å²) in [6.45, 7) is 0. The minimum absolute atomic E-state index is 0.0439. The third-order valence-corrected chi connectivity index (χ3v) is 2.69. The SMILES string of the molecule is COC(=O)c1cncc(NC(C(=O)O)C2CC2)n1. The Kier molecular flexibility index (Phi) is 3.40. The topological polar surface area (TPSA) is 101 Å². The van der Waals surface area contributed by atoms with Crippen LogP contribution < -0.4 is 5.32 Å². The minimum Gasteiger partial charge on any atom is -0.480 e. The van der Waals surface area contributed by atoms with Crippen LogP contribution >= 0.6 is 0 Å². The number of carbonyl (C=O) groups excluding carboxylic acids is 1. The number of carboxylic acid groups (broad SMARTS) is 1. The zero-order chi connectivity index (χ0) is 13.1. The molecular weight excluding hydrogens is 238 g/mol. The van der Waals surface area contributed by atoms with E-state index in [9.17, 15) is 9.59 Å². The average Bonchev–Trinajstić information content (AvgIpc) is 3.19. The van der Waals surface area contributed by atoms with Gasteiger partial charge in [0.15, 0.2) is 5.69 Å². The number of hydrogen-bond donors (Lipinski definition) is 2. The highest BCUT2D eigenvalue weighted by Gasteiger charge is 2.36. The second kappa shape index (κ2) is 4.99. The lowest BCUT2D eigenvalue weighted by atomic mass is 10.2. The van der Waals surface area contributed by atoms with Crippen LogP contribution in [-0.4, -0.2) is 40.2 Å². The number of aromatic nitrogens is 2. The summed E-state index contributed by atoms with van der Waals surface area (Å²) < 4.78 is 4.52. The number of methoxy groups -OCH3 is 1. The van der Waals surface area contributed by atoms with Crippen molar-refractivity contribution in [2.24, 2.45) is 5.92 Å². The van der Waals surface area contributed by atoms with Crippen LogP contribution in [0.4, 0.5) is 5.82 Å². The van der Waals surface area contributed by atoms with Crippen molar-refractivity contribution >= 4 is 17.8 Å². The molecule has 18 heavy (non-hydrogen) atoms. The number of esters is 1. The van der Waals surface area contributed by atoms with Crippen molar-refractivity contribution < 1.29 is 19.4 Å². The normalized spacial score (nSPS) is 15.8. The van der Waals surface area contributed by atoms with E-state index in [1.807, 2.05) is 0 Å². The van der Waals surface area contributed by atoms with Crippen LogP contribution in [0.5, 0.6) is 0 Å². The highest BCUT2D eigenvalue weighted by molar-refractivity contribution is 5.87. The van der Waals surface area contributed by atoms with Crippen LogP contribution in [0.15, 0.2) is 12.4 Å². The fourth-order valence-corrected chi connectivity index (χ4v) is 1.61. The molecule has 0 radical (unpaired) electrons. The van der Waals surface area contributed by atoms with Crippen molar-refractivity contribution in [3.8, 4) is 0 Å². The van der Waals surface area contributed by atoms with Crippen molar-refractivity contribution in [2.45, 2.75) is 18.9 Å². The number of hydrogen-bond acceptors (Lipinski definition) is 6. The van der Waals surface area contributed by atoms with Crippen molar-refractivity contribution in [3.63, 3.8) is 0 Å². The Morgan fingerprint density at radius 3 is 2.78 bits per heavy atom. The van der Waals surface area contributed by atoms with Crippen LogP contribution in [0.2, 0.25) is 0 Å². The molecule has 1 heterocycles. The van der Waals surface area contributed by atoms with E-state index in [1.165, 1.54) is 19.5 Å². The van der Waals surface area contributed by atoms with Gasteiger partial charge in [-0.1, -0.05) is 0 Å². The number of rotatable bonds is 5. The maximum atomic E-state index is 11.3. The highest BCUT2D eigenvalue weighted by atomic mass is 16.5. The number of ether oxygens (including phenoxy) is 1. The standard InChI is InChI=1S/C11H13N3O4/c1-18-11(17)7-4-12-5-8(13-7)14-9(10(15)16)6-2-3-6/h4-6,9H,2-3H2,1H3,(H,13,14)(H,15,16). The molecule has 0 spiro atoms. The highest BCUT2D eigenvalue weighted by Crippen LogP contribution is 2.34. The summed E-state index contributed by atoms with van der Waals surface area (Å²) in [6.07, 6.45) is 4.41. The van der Waals surface area contributed by atoms with Gasteiger partial charge in [0.1, 0.15) is 11.9 Å².